The van der Waals surface area contributed by atoms with Gasteiger partial charge in [0.25, 0.3) is 0 Å². The third-order valence-electron chi connectivity index (χ3n) is 7.07. The minimum absolute atomic E-state index is 0.0130. The van der Waals surface area contributed by atoms with Crippen LogP contribution in [0.3, 0.4) is 0 Å². The van der Waals surface area contributed by atoms with E-state index in [1.165, 1.54) is 34.8 Å². The van der Waals surface area contributed by atoms with E-state index in [2.05, 4.69) is 20.6 Å². The highest BCUT2D eigenvalue weighted by molar-refractivity contribution is 6.30. The third-order valence-corrected chi connectivity index (χ3v) is 7.36. The Labute approximate surface area is 214 Å². The number of benzene rings is 1. The summed E-state index contributed by atoms with van der Waals surface area (Å²) in [6.07, 6.45) is 0.396. The fourth-order valence-corrected chi connectivity index (χ4v) is 5.31. The summed E-state index contributed by atoms with van der Waals surface area (Å²) < 4.78 is 57.1. The van der Waals surface area contributed by atoms with E-state index in [1.807, 2.05) is 0 Å². The second-order valence-corrected chi connectivity index (χ2v) is 9.70. The maximum atomic E-state index is 14.5. The smallest absolute Gasteiger partial charge is 0.178 e. The molecule has 0 bridgehead atoms. The fraction of sp³-hybridized carbons (Fsp3) is 0.565. The lowest BCUT2D eigenvalue weighted by Gasteiger charge is -2.43. The summed E-state index contributed by atoms with van der Waals surface area (Å²) in [5.74, 6) is -2.39. The topological polar surface area (TPSA) is 120 Å². The van der Waals surface area contributed by atoms with Crippen LogP contribution in [0.15, 0.2) is 24.5 Å². The average Bonchev–Trinajstić information content (AvgIpc) is 3.64. The molecule has 1 aliphatic carbocycles. The number of aliphatic hydroxyl groups is 2. The molecule has 1 aliphatic heterocycles. The number of rotatable bonds is 7. The highest BCUT2D eigenvalue weighted by Crippen LogP contribution is 2.35. The molecule has 200 valence electrons. The Bertz CT molecular complexity index is 1250. The normalized spacial score (nSPS) is 30.2. The Kier molecular flexibility index (Phi) is 7.50. The van der Waals surface area contributed by atoms with Crippen LogP contribution in [-0.4, -0.2) is 84.5 Å². The van der Waals surface area contributed by atoms with Crippen molar-refractivity contribution >= 4 is 11.6 Å². The Morgan fingerprint density at radius 3 is 2.59 bits per heavy atom. The number of ether oxygens (including phenoxy) is 2. The number of methoxy groups -OCH3 is 1. The predicted molar refractivity (Wildman–Crippen MR) is 123 cm³/mol. The lowest BCUT2D eigenvalue weighted by Crippen LogP contribution is -2.57. The molecular weight excluding hydrogens is 517 g/mol. The lowest BCUT2D eigenvalue weighted by atomic mass is 9.90. The van der Waals surface area contributed by atoms with Crippen LogP contribution in [0.25, 0.3) is 11.3 Å². The van der Waals surface area contributed by atoms with Crippen LogP contribution in [-0.2, 0) is 15.9 Å². The summed E-state index contributed by atoms with van der Waals surface area (Å²) in [4.78, 5) is 0. The van der Waals surface area contributed by atoms with Gasteiger partial charge in [-0.2, -0.15) is 0 Å². The molecule has 3 heterocycles. The van der Waals surface area contributed by atoms with Gasteiger partial charge in [-0.1, -0.05) is 22.0 Å². The molecule has 1 saturated heterocycles. The maximum Gasteiger partial charge on any atom is 0.178 e. The van der Waals surface area contributed by atoms with Crippen LogP contribution in [0.2, 0.25) is 5.02 Å². The maximum absolute atomic E-state index is 14.5. The first-order chi connectivity index (χ1) is 17.8. The van der Waals surface area contributed by atoms with E-state index < -0.39 is 54.9 Å². The SMILES string of the molecule is CO[C@@H]1[C@@H](n2cc(-c3ccc(Cl)c(F)c3F)nn2)[C@@H](O)[C@@H](CO)O[C@@H]1Cc1cn([C@@H]2CCC[C@@H]2F)nn1. The van der Waals surface area contributed by atoms with Crippen LogP contribution >= 0.6 is 11.6 Å². The highest BCUT2D eigenvalue weighted by atomic mass is 35.5. The molecule has 2 fully saturated rings. The molecule has 7 atom stereocenters. The van der Waals surface area contributed by atoms with Gasteiger partial charge in [-0.3, -0.25) is 0 Å². The molecule has 14 heteroatoms. The van der Waals surface area contributed by atoms with Gasteiger partial charge in [0, 0.05) is 25.3 Å². The van der Waals surface area contributed by atoms with Crippen molar-refractivity contribution in [2.24, 2.45) is 0 Å². The lowest BCUT2D eigenvalue weighted by molar-refractivity contribution is -0.212. The summed E-state index contributed by atoms with van der Waals surface area (Å²) in [5, 5.41) is 36.7. The molecule has 10 nitrogen and oxygen atoms in total. The molecule has 0 amide bonds. The van der Waals surface area contributed by atoms with Crippen molar-refractivity contribution in [3.05, 3.63) is 46.9 Å². The molecule has 37 heavy (non-hydrogen) atoms. The number of aromatic nitrogens is 6. The van der Waals surface area contributed by atoms with E-state index in [0.717, 1.165) is 6.42 Å². The van der Waals surface area contributed by atoms with E-state index in [9.17, 15) is 23.4 Å². The number of halogens is 4. The molecular formula is C23H26ClF3N6O4. The van der Waals surface area contributed by atoms with Crippen molar-refractivity contribution in [3.8, 4) is 11.3 Å². The second-order valence-electron chi connectivity index (χ2n) is 9.29. The van der Waals surface area contributed by atoms with Gasteiger partial charge in [-0.15, -0.1) is 10.2 Å². The van der Waals surface area contributed by atoms with E-state index in [0.29, 0.717) is 18.5 Å². The fourth-order valence-electron chi connectivity index (χ4n) is 5.17. The first-order valence-electron chi connectivity index (χ1n) is 11.9. The van der Waals surface area contributed by atoms with Crippen molar-refractivity contribution in [1.82, 2.24) is 30.0 Å². The zero-order valence-corrected chi connectivity index (χ0v) is 20.5. The van der Waals surface area contributed by atoms with Crippen LogP contribution in [0.4, 0.5) is 13.2 Å². The molecule has 1 aromatic carbocycles. The highest BCUT2D eigenvalue weighted by Gasteiger charge is 2.47. The van der Waals surface area contributed by atoms with Crippen molar-refractivity contribution in [3.63, 3.8) is 0 Å². The largest absolute Gasteiger partial charge is 0.394 e. The Balaban J connectivity index is 1.42. The Morgan fingerprint density at radius 1 is 1.11 bits per heavy atom. The Morgan fingerprint density at radius 2 is 1.89 bits per heavy atom. The monoisotopic (exact) mass is 542 g/mol. The summed E-state index contributed by atoms with van der Waals surface area (Å²) in [5.41, 5.74) is 0.378. The molecule has 1 saturated carbocycles. The van der Waals surface area contributed by atoms with Crippen molar-refractivity contribution in [1.29, 1.82) is 0 Å². The van der Waals surface area contributed by atoms with Crippen LogP contribution < -0.4 is 0 Å². The average molecular weight is 543 g/mol. The summed E-state index contributed by atoms with van der Waals surface area (Å²) in [7, 11) is 1.43. The minimum Gasteiger partial charge on any atom is -0.394 e. The van der Waals surface area contributed by atoms with E-state index in [-0.39, 0.29) is 28.7 Å². The van der Waals surface area contributed by atoms with Gasteiger partial charge in [0.15, 0.2) is 11.6 Å². The molecule has 0 spiro atoms. The van der Waals surface area contributed by atoms with Crippen molar-refractivity contribution < 1.29 is 32.9 Å². The van der Waals surface area contributed by atoms with Gasteiger partial charge >= 0.3 is 0 Å². The number of hydrogen-bond donors (Lipinski definition) is 2. The minimum atomic E-state index is -1.27. The van der Waals surface area contributed by atoms with E-state index in [1.54, 1.807) is 6.20 Å². The van der Waals surface area contributed by atoms with Gasteiger partial charge in [-0.25, -0.2) is 22.5 Å². The summed E-state index contributed by atoms with van der Waals surface area (Å²) >= 11 is 5.64. The van der Waals surface area contributed by atoms with Gasteiger partial charge in [-0.05, 0) is 31.4 Å². The van der Waals surface area contributed by atoms with Crippen LogP contribution in [0.5, 0.6) is 0 Å². The predicted octanol–water partition coefficient (Wildman–Crippen LogP) is 2.45. The summed E-state index contributed by atoms with van der Waals surface area (Å²) in [6, 6.07) is 1.22. The van der Waals surface area contributed by atoms with E-state index >= 15 is 0 Å². The molecule has 0 radical (unpaired) electrons. The molecule has 5 rings (SSSR count). The zero-order valence-electron chi connectivity index (χ0n) is 19.8. The number of nitrogens with zero attached hydrogens (tertiary/aromatic N) is 6. The van der Waals surface area contributed by atoms with Crippen molar-refractivity contribution in [2.75, 3.05) is 13.7 Å². The van der Waals surface area contributed by atoms with Crippen LogP contribution in [0.1, 0.15) is 37.0 Å². The third kappa shape index (κ3) is 4.86. The number of hydrogen-bond acceptors (Lipinski definition) is 8. The molecule has 3 aromatic rings. The molecule has 2 aromatic heterocycles. The molecule has 2 aliphatic rings. The second kappa shape index (κ2) is 10.7. The zero-order chi connectivity index (χ0) is 26.3. The van der Waals surface area contributed by atoms with Gasteiger partial charge in [0.05, 0.1) is 35.7 Å². The van der Waals surface area contributed by atoms with Gasteiger partial charge in [0.1, 0.15) is 36.2 Å². The van der Waals surface area contributed by atoms with Gasteiger partial charge in [0.2, 0.25) is 0 Å². The quantitative estimate of drug-likeness (QED) is 0.437. The molecule has 2 N–H and O–H groups in total. The first kappa shape index (κ1) is 26.0. The van der Waals surface area contributed by atoms with E-state index in [4.69, 9.17) is 21.1 Å². The van der Waals surface area contributed by atoms with Gasteiger partial charge < -0.3 is 19.7 Å². The Hall–Kier alpha value is -2.58. The van der Waals surface area contributed by atoms with Crippen LogP contribution in [0, 0.1) is 11.6 Å². The van der Waals surface area contributed by atoms with Crippen molar-refractivity contribution in [2.45, 2.75) is 68.4 Å². The standard InChI is InChI=1S/C23H26ClF3N6O4/c1-36-23-17(7-11-8-32(30-28-11)16-4-2-3-14(16)25)37-18(10-34)22(35)21(23)33-9-15(29-31-33)12-5-6-13(24)20(27)19(12)26/h5-6,8-9,14,16-18,21-23,34-35H,2-4,7,10H2,1H3/t14-,16+,17+,18+,21-,22-,23-/m0/s1. The first-order valence-corrected chi connectivity index (χ1v) is 12.3. The number of alkyl halides is 1. The molecule has 0 unspecified atom stereocenters. The summed E-state index contributed by atoms with van der Waals surface area (Å²) in [6.45, 7) is -0.499. The number of aliphatic hydroxyl groups excluding tert-OH is 2.